The molecule has 1 unspecified atom stereocenters. The lowest BCUT2D eigenvalue weighted by Crippen LogP contribution is -2.44. The van der Waals surface area contributed by atoms with Crippen molar-refractivity contribution in [3.05, 3.63) is 70.8 Å². The molecule has 0 aliphatic carbocycles. The van der Waals surface area contributed by atoms with E-state index >= 15 is 0 Å². The fraction of sp³-hybridized carbons (Fsp3) is 0.481. The second kappa shape index (κ2) is 10.8. The molecule has 0 heterocycles. The average Bonchev–Trinajstić information content (AvgIpc) is 2.72. The largest absolute Gasteiger partial charge is 0.384 e. The summed E-state index contributed by atoms with van der Waals surface area (Å²) in [5.41, 5.74) is 1.73. The SMILES string of the molecule is CC(C)N(C(=O)c1cccc(C(=O)N(C(C)C)C(C)C)c1C(O)c1ccccc1)C(C)C. The number of hydrogen-bond donors (Lipinski definition) is 1. The van der Waals surface area contributed by atoms with Gasteiger partial charge in [0.2, 0.25) is 0 Å². The molecule has 1 atom stereocenters. The van der Waals surface area contributed by atoms with E-state index in [9.17, 15) is 14.7 Å². The summed E-state index contributed by atoms with van der Waals surface area (Å²) in [6.07, 6.45) is -1.10. The van der Waals surface area contributed by atoms with E-state index < -0.39 is 6.10 Å². The molecule has 174 valence electrons. The highest BCUT2D eigenvalue weighted by Gasteiger charge is 2.32. The Hall–Kier alpha value is -2.66. The van der Waals surface area contributed by atoms with E-state index in [1.807, 2.05) is 85.7 Å². The lowest BCUT2D eigenvalue weighted by Gasteiger charge is -2.34. The van der Waals surface area contributed by atoms with E-state index in [1.165, 1.54) is 0 Å². The van der Waals surface area contributed by atoms with Gasteiger partial charge in [0.05, 0.1) is 0 Å². The van der Waals surface area contributed by atoms with Gasteiger partial charge in [-0.15, -0.1) is 0 Å². The fourth-order valence-corrected chi connectivity index (χ4v) is 4.44. The zero-order valence-electron chi connectivity index (χ0n) is 20.7. The third-order valence-electron chi connectivity index (χ3n) is 5.65. The first-order valence-electron chi connectivity index (χ1n) is 11.5. The molecular formula is C27H38N2O3. The van der Waals surface area contributed by atoms with Gasteiger partial charge in [-0.3, -0.25) is 9.59 Å². The Morgan fingerprint density at radius 2 is 1.00 bits per heavy atom. The maximum Gasteiger partial charge on any atom is 0.254 e. The van der Waals surface area contributed by atoms with Crippen molar-refractivity contribution in [3.8, 4) is 0 Å². The minimum Gasteiger partial charge on any atom is -0.384 e. The van der Waals surface area contributed by atoms with Crippen molar-refractivity contribution >= 4 is 11.8 Å². The summed E-state index contributed by atoms with van der Waals surface area (Å²) in [5, 5.41) is 11.4. The van der Waals surface area contributed by atoms with Gasteiger partial charge in [-0.2, -0.15) is 0 Å². The van der Waals surface area contributed by atoms with Crippen LogP contribution >= 0.6 is 0 Å². The maximum absolute atomic E-state index is 13.7. The molecule has 0 radical (unpaired) electrons. The summed E-state index contributed by atoms with van der Waals surface area (Å²) in [4.78, 5) is 30.9. The number of carbonyl (C=O) groups excluding carboxylic acids is 2. The average molecular weight is 439 g/mol. The van der Waals surface area contributed by atoms with E-state index in [1.54, 1.807) is 28.0 Å². The Kier molecular flexibility index (Phi) is 8.62. The highest BCUT2D eigenvalue weighted by atomic mass is 16.3. The van der Waals surface area contributed by atoms with Crippen molar-refractivity contribution < 1.29 is 14.7 Å². The molecule has 0 spiro atoms. The molecule has 2 aromatic rings. The van der Waals surface area contributed by atoms with Gasteiger partial charge in [-0.1, -0.05) is 36.4 Å². The molecule has 1 N–H and O–H groups in total. The van der Waals surface area contributed by atoms with E-state index in [0.717, 1.165) is 0 Å². The molecule has 5 heteroatoms. The Morgan fingerprint density at radius 1 is 0.625 bits per heavy atom. The van der Waals surface area contributed by atoms with Crippen LogP contribution in [0, 0.1) is 0 Å². The van der Waals surface area contributed by atoms with Gasteiger partial charge in [0.25, 0.3) is 11.8 Å². The normalized spacial score (nSPS) is 12.5. The quantitative estimate of drug-likeness (QED) is 0.609. The number of benzene rings is 2. The lowest BCUT2D eigenvalue weighted by molar-refractivity contribution is 0.0633. The summed E-state index contributed by atoms with van der Waals surface area (Å²) in [6, 6.07) is 14.3. The molecule has 0 saturated heterocycles. The van der Waals surface area contributed by atoms with Crippen LogP contribution in [0.3, 0.4) is 0 Å². The zero-order valence-corrected chi connectivity index (χ0v) is 20.7. The van der Waals surface area contributed by atoms with Crippen molar-refractivity contribution in [2.75, 3.05) is 0 Å². The Morgan fingerprint density at radius 3 is 1.34 bits per heavy atom. The van der Waals surface area contributed by atoms with Crippen LogP contribution in [0.5, 0.6) is 0 Å². The molecule has 0 bridgehead atoms. The predicted octanol–water partition coefficient (Wildman–Crippen LogP) is 5.29. The molecule has 2 aromatic carbocycles. The van der Waals surface area contributed by atoms with Crippen molar-refractivity contribution in [1.82, 2.24) is 9.80 Å². The number of aliphatic hydroxyl groups excluding tert-OH is 1. The smallest absolute Gasteiger partial charge is 0.254 e. The van der Waals surface area contributed by atoms with Crippen LogP contribution in [0.25, 0.3) is 0 Å². The van der Waals surface area contributed by atoms with Crippen molar-refractivity contribution in [2.45, 2.75) is 85.7 Å². The van der Waals surface area contributed by atoms with E-state index in [4.69, 9.17) is 0 Å². The second-order valence-electron chi connectivity index (χ2n) is 9.38. The van der Waals surface area contributed by atoms with Crippen LogP contribution in [0.2, 0.25) is 0 Å². The standard InChI is InChI=1S/C27H38N2O3/c1-17(2)28(18(3)4)26(31)22-15-12-16-23(27(32)29(19(5)6)20(7)8)24(22)25(30)21-13-10-9-11-14-21/h9-20,25,30H,1-8H3. The fourth-order valence-electron chi connectivity index (χ4n) is 4.44. The summed E-state index contributed by atoms with van der Waals surface area (Å²) >= 11 is 0. The zero-order chi connectivity index (χ0) is 24.2. The molecule has 0 aromatic heterocycles. The summed E-state index contributed by atoms with van der Waals surface area (Å²) in [7, 11) is 0. The molecule has 0 aliphatic heterocycles. The summed E-state index contributed by atoms with van der Waals surface area (Å²) in [6.45, 7) is 15.8. The van der Waals surface area contributed by atoms with Crippen LogP contribution in [0.15, 0.2) is 48.5 Å². The molecule has 5 nitrogen and oxygen atoms in total. The van der Waals surface area contributed by atoms with Crippen LogP contribution < -0.4 is 0 Å². The minimum absolute atomic E-state index is 0.0218. The van der Waals surface area contributed by atoms with Crippen LogP contribution in [-0.2, 0) is 0 Å². The summed E-state index contributed by atoms with van der Waals surface area (Å²) in [5.74, 6) is -0.370. The maximum atomic E-state index is 13.7. The monoisotopic (exact) mass is 438 g/mol. The van der Waals surface area contributed by atoms with Crippen molar-refractivity contribution in [1.29, 1.82) is 0 Å². The first-order valence-corrected chi connectivity index (χ1v) is 11.5. The lowest BCUT2D eigenvalue weighted by atomic mass is 9.90. The molecule has 0 aliphatic rings. The third-order valence-corrected chi connectivity index (χ3v) is 5.65. The van der Waals surface area contributed by atoms with Gasteiger partial charge in [0.15, 0.2) is 0 Å². The van der Waals surface area contributed by atoms with Gasteiger partial charge < -0.3 is 14.9 Å². The van der Waals surface area contributed by atoms with Gasteiger partial charge >= 0.3 is 0 Å². The predicted molar refractivity (Wildman–Crippen MR) is 130 cm³/mol. The highest BCUT2D eigenvalue weighted by molar-refractivity contribution is 6.03. The van der Waals surface area contributed by atoms with Gasteiger partial charge in [-0.05, 0) is 73.1 Å². The van der Waals surface area contributed by atoms with Crippen molar-refractivity contribution in [3.63, 3.8) is 0 Å². The van der Waals surface area contributed by atoms with Crippen LogP contribution in [-0.4, -0.2) is 50.9 Å². The molecule has 0 fully saturated rings. The number of rotatable bonds is 8. The number of aliphatic hydroxyl groups is 1. The second-order valence-corrected chi connectivity index (χ2v) is 9.38. The molecule has 2 rings (SSSR count). The number of carbonyl (C=O) groups is 2. The summed E-state index contributed by atoms with van der Waals surface area (Å²) < 4.78 is 0. The van der Waals surface area contributed by atoms with E-state index in [2.05, 4.69) is 0 Å². The van der Waals surface area contributed by atoms with Crippen LogP contribution in [0.1, 0.15) is 93.3 Å². The third kappa shape index (κ3) is 5.39. The Bertz CT molecular complexity index is 854. The van der Waals surface area contributed by atoms with Crippen LogP contribution in [0.4, 0.5) is 0 Å². The first kappa shape index (κ1) is 25.6. The molecule has 0 saturated carbocycles. The van der Waals surface area contributed by atoms with Gasteiger partial charge in [-0.25, -0.2) is 0 Å². The topological polar surface area (TPSA) is 60.9 Å². The molecule has 2 amide bonds. The molecular weight excluding hydrogens is 400 g/mol. The number of hydrogen-bond acceptors (Lipinski definition) is 3. The van der Waals surface area contributed by atoms with E-state index in [0.29, 0.717) is 22.3 Å². The van der Waals surface area contributed by atoms with Gasteiger partial charge in [0, 0.05) is 40.9 Å². The highest BCUT2D eigenvalue weighted by Crippen LogP contribution is 2.31. The molecule has 32 heavy (non-hydrogen) atoms. The first-order chi connectivity index (χ1) is 15.0. The Labute approximate surface area is 193 Å². The van der Waals surface area contributed by atoms with Crippen molar-refractivity contribution in [2.24, 2.45) is 0 Å². The number of amides is 2. The number of nitrogens with zero attached hydrogens (tertiary/aromatic N) is 2. The van der Waals surface area contributed by atoms with Gasteiger partial charge in [0.1, 0.15) is 6.10 Å². The minimum atomic E-state index is -1.10. The Balaban J connectivity index is 2.76. The van der Waals surface area contributed by atoms with E-state index in [-0.39, 0.29) is 36.0 Å².